The Balaban J connectivity index is 1.65. The molecule has 9 nitrogen and oxygen atoms in total. The number of benzene rings is 3. The van der Waals surface area contributed by atoms with Crippen LogP contribution in [-0.2, 0) is 0 Å². The maximum Gasteiger partial charge on any atom is 0.261 e. The summed E-state index contributed by atoms with van der Waals surface area (Å²) in [5, 5.41) is 11.0. The minimum atomic E-state index is -0.430. The number of para-hydroxylation sites is 1. The molecular formula is C29H28N4O5. The Morgan fingerprint density at radius 3 is 2.39 bits per heavy atom. The average Bonchev–Trinajstić information content (AvgIpc) is 3.40. The van der Waals surface area contributed by atoms with Gasteiger partial charge in [0.1, 0.15) is 23.2 Å². The summed E-state index contributed by atoms with van der Waals surface area (Å²) in [5.74, 6) is 2.50. The van der Waals surface area contributed by atoms with Crippen LogP contribution in [0, 0.1) is 0 Å². The number of rotatable bonds is 8. The van der Waals surface area contributed by atoms with E-state index in [2.05, 4.69) is 15.7 Å². The lowest BCUT2D eigenvalue weighted by Gasteiger charge is -2.28. The van der Waals surface area contributed by atoms with Gasteiger partial charge in [0.05, 0.1) is 34.6 Å². The van der Waals surface area contributed by atoms with Crippen LogP contribution >= 0.6 is 0 Å². The maximum atomic E-state index is 13.3. The standard InChI is InChI=1S/C29H28N4O5/c1-35-20-12-8-9-18(15-20)23-16-24(21-13-14-25(36-2)27(38-4)26(21)37-3)33-28(32-23)22(17-30-33)29(34)31-19-10-6-5-7-11-19/h5-17,24,32H,1-4H3,(H,31,34). The molecular weight excluding hydrogens is 484 g/mol. The zero-order valence-corrected chi connectivity index (χ0v) is 21.5. The normalized spacial score (nSPS) is 14.0. The highest BCUT2D eigenvalue weighted by molar-refractivity contribution is 6.08. The van der Waals surface area contributed by atoms with E-state index in [4.69, 9.17) is 18.9 Å². The summed E-state index contributed by atoms with van der Waals surface area (Å²) in [5.41, 5.74) is 3.54. The Hall–Kier alpha value is -4.92. The van der Waals surface area contributed by atoms with E-state index in [1.54, 1.807) is 39.3 Å². The van der Waals surface area contributed by atoms with Gasteiger partial charge in [0.25, 0.3) is 5.91 Å². The van der Waals surface area contributed by atoms with Crippen LogP contribution in [0.4, 0.5) is 11.5 Å². The van der Waals surface area contributed by atoms with Gasteiger partial charge in [-0.25, -0.2) is 4.68 Å². The number of fused-ring (bicyclic) bond motifs is 1. The number of anilines is 2. The molecule has 0 spiro atoms. The molecule has 4 aromatic rings. The number of hydrogen-bond donors (Lipinski definition) is 2. The molecule has 0 bridgehead atoms. The molecule has 0 saturated carbocycles. The molecule has 0 fully saturated rings. The first-order chi connectivity index (χ1) is 18.6. The zero-order chi connectivity index (χ0) is 26.6. The van der Waals surface area contributed by atoms with Gasteiger partial charge >= 0.3 is 0 Å². The van der Waals surface area contributed by atoms with Crippen molar-refractivity contribution in [3.05, 3.63) is 95.7 Å². The second kappa shape index (κ2) is 10.6. The highest BCUT2D eigenvalue weighted by Gasteiger charge is 2.31. The fraction of sp³-hybridized carbons (Fsp3) is 0.172. The predicted molar refractivity (Wildman–Crippen MR) is 145 cm³/mol. The molecule has 1 aliphatic rings. The molecule has 1 aliphatic heterocycles. The Bertz CT molecular complexity index is 1500. The van der Waals surface area contributed by atoms with Crippen LogP contribution in [0.5, 0.6) is 23.0 Å². The molecule has 3 aromatic carbocycles. The van der Waals surface area contributed by atoms with Crippen molar-refractivity contribution in [2.24, 2.45) is 0 Å². The van der Waals surface area contributed by atoms with Crippen LogP contribution in [0.15, 0.2) is 79.0 Å². The molecule has 194 valence electrons. The van der Waals surface area contributed by atoms with Gasteiger partial charge in [0.15, 0.2) is 11.5 Å². The number of carbonyl (C=O) groups is 1. The van der Waals surface area contributed by atoms with Crippen molar-refractivity contribution < 1.29 is 23.7 Å². The maximum absolute atomic E-state index is 13.3. The molecule has 0 radical (unpaired) electrons. The Labute approximate surface area is 220 Å². The van der Waals surface area contributed by atoms with Crippen molar-refractivity contribution in [2.45, 2.75) is 6.04 Å². The molecule has 0 saturated heterocycles. The Morgan fingerprint density at radius 1 is 0.895 bits per heavy atom. The number of nitrogens with one attached hydrogen (secondary N) is 2. The van der Waals surface area contributed by atoms with Gasteiger partial charge in [-0.3, -0.25) is 4.79 Å². The van der Waals surface area contributed by atoms with E-state index >= 15 is 0 Å². The lowest BCUT2D eigenvalue weighted by atomic mass is 9.99. The van der Waals surface area contributed by atoms with E-state index in [0.29, 0.717) is 40.1 Å². The second-order valence-electron chi connectivity index (χ2n) is 8.48. The van der Waals surface area contributed by atoms with Gasteiger partial charge in [-0.1, -0.05) is 30.3 Å². The van der Waals surface area contributed by atoms with E-state index < -0.39 is 6.04 Å². The average molecular weight is 513 g/mol. The van der Waals surface area contributed by atoms with Gasteiger partial charge in [0.2, 0.25) is 5.75 Å². The lowest BCUT2D eigenvalue weighted by Crippen LogP contribution is -2.22. The van der Waals surface area contributed by atoms with Crippen molar-refractivity contribution in [3.63, 3.8) is 0 Å². The summed E-state index contributed by atoms with van der Waals surface area (Å²) in [6, 6.07) is 20.3. The third-order valence-electron chi connectivity index (χ3n) is 6.35. The molecule has 1 aromatic heterocycles. The summed E-state index contributed by atoms with van der Waals surface area (Å²) >= 11 is 0. The monoisotopic (exact) mass is 512 g/mol. The highest BCUT2D eigenvalue weighted by atomic mass is 16.5. The van der Waals surface area contributed by atoms with Crippen molar-refractivity contribution >= 4 is 23.1 Å². The van der Waals surface area contributed by atoms with Gasteiger partial charge < -0.3 is 29.6 Å². The quantitative estimate of drug-likeness (QED) is 0.334. The first-order valence-corrected chi connectivity index (χ1v) is 11.9. The predicted octanol–water partition coefficient (Wildman–Crippen LogP) is 5.23. The van der Waals surface area contributed by atoms with Crippen LogP contribution < -0.4 is 29.6 Å². The SMILES string of the molecule is COc1cccc(C2=CC(c3ccc(OC)c(OC)c3OC)n3ncc(C(=O)Nc4ccccc4)c3N2)c1. The summed E-state index contributed by atoms with van der Waals surface area (Å²) < 4.78 is 24.1. The molecule has 1 amide bonds. The number of aromatic nitrogens is 2. The first kappa shape index (κ1) is 24.8. The van der Waals surface area contributed by atoms with Crippen molar-refractivity contribution in [1.82, 2.24) is 9.78 Å². The van der Waals surface area contributed by atoms with Crippen LogP contribution in [0.2, 0.25) is 0 Å². The smallest absolute Gasteiger partial charge is 0.261 e. The van der Waals surface area contributed by atoms with Crippen LogP contribution in [-0.4, -0.2) is 44.1 Å². The largest absolute Gasteiger partial charge is 0.497 e. The number of methoxy groups -OCH3 is 4. The van der Waals surface area contributed by atoms with Crippen molar-refractivity contribution in [2.75, 3.05) is 39.1 Å². The van der Waals surface area contributed by atoms with Crippen molar-refractivity contribution in [3.8, 4) is 23.0 Å². The molecule has 2 N–H and O–H groups in total. The molecule has 9 heteroatoms. The lowest BCUT2D eigenvalue weighted by molar-refractivity contribution is 0.102. The molecule has 2 heterocycles. The van der Waals surface area contributed by atoms with E-state index in [9.17, 15) is 4.79 Å². The van der Waals surface area contributed by atoms with Gasteiger partial charge in [-0.15, -0.1) is 0 Å². The Morgan fingerprint density at radius 2 is 1.68 bits per heavy atom. The zero-order valence-electron chi connectivity index (χ0n) is 21.5. The molecule has 1 atom stereocenters. The van der Waals surface area contributed by atoms with Crippen molar-refractivity contribution in [1.29, 1.82) is 0 Å². The third kappa shape index (κ3) is 4.50. The molecule has 0 aliphatic carbocycles. The van der Waals surface area contributed by atoms with E-state index in [0.717, 1.165) is 16.8 Å². The minimum absolute atomic E-state index is 0.283. The molecule has 38 heavy (non-hydrogen) atoms. The van der Waals surface area contributed by atoms with E-state index in [1.165, 1.54) is 0 Å². The van der Waals surface area contributed by atoms with Gasteiger partial charge in [0, 0.05) is 22.5 Å². The number of hydrogen-bond acceptors (Lipinski definition) is 7. The minimum Gasteiger partial charge on any atom is -0.497 e. The summed E-state index contributed by atoms with van der Waals surface area (Å²) in [4.78, 5) is 13.3. The highest BCUT2D eigenvalue weighted by Crippen LogP contribution is 2.46. The van der Waals surface area contributed by atoms with Crippen LogP contribution in [0.25, 0.3) is 5.70 Å². The number of allylic oxidation sites excluding steroid dienone is 1. The van der Waals surface area contributed by atoms with Gasteiger partial charge in [-0.2, -0.15) is 5.10 Å². The number of amides is 1. The summed E-state index contributed by atoms with van der Waals surface area (Å²) in [7, 11) is 6.35. The number of carbonyl (C=O) groups excluding carboxylic acids is 1. The first-order valence-electron chi connectivity index (χ1n) is 11.9. The second-order valence-corrected chi connectivity index (χ2v) is 8.48. The fourth-order valence-electron chi connectivity index (χ4n) is 4.52. The van der Waals surface area contributed by atoms with Gasteiger partial charge in [-0.05, 0) is 42.5 Å². The summed E-state index contributed by atoms with van der Waals surface area (Å²) in [6.45, 7) is 0. The topological polar surface area (TPSA) is 95.9 Å². The van der Waals surface area contributed by atoms with Crippen LogP contribution in [0.3, 0.4) is 0 Å². The van der Waals surface area contributed by atoms with E-state index in [1.807, 2.05) is 72.8 Å². The van der Waals surface area contributed by atoms with Crippen LogP contribution in [0.1, 0.15) is 27.5 Å². The molecule has 1 unspecified atom stereocenters. The van der Waals surface area contributed by atoms with E-state index in [-0.39, 0.29) is 5.91 Å². The fourth-order valence-corrected chi connectivity index (χ4v) is 4.52. The third-order valence-corrected chi connectivity index (χ3v) is 6.35. The Kier molecular flexibility index (Phi) is 6.90. The number of ether oxygens (including phenoxy) is 4. The summed E-state index contributed by atoms with van der Waals surface area (Å²) in [6.07, 6.45) is 3.58. The molecule has 5 rings (SSSR count). The number of nitrogens with zero attached hydrogens (tertiary/aromatic N) is 2.